The average Bonchev–Trinajstić information content (AvgIpc) is 2.42. The van der Waals surface area contributed by atoms with E-state index in [4.69, 9.17) is 16.3 Å². The van der Waals surface area contributed by atoms with Crippen molar-refractivity contribution in [2.24, 2.45) is 5.41 Å². The van der Waals surface area contributed by atoms with Crippen LogP contribution in [-0.4, -0.2) is 24.1 Å². The summed E-state index contributed by atoms with van der Waals surface area (Å²) in [7, 11) is 1.92. The first-order valence-electron chi connectivity index (χ1n) is 6.70. The molecule has 1 aliphatic carbocycles. The third-order valence-corrected chi connectivity index (χ3v) is 4.79. The highest BCUT2D eigenvalue weighted by Crippen LogP contribution is 2.48. The lowest BCUT2D eigenvalue weighted by Crippen LogP contribution is -2.62. The van der Waals surface area contributed by atoms with Crippen LogP contribution in [-0.2, 0) is 0 Å². The molecular weight excluding hydrogens is 280 g/mol. The van der Waals surface area contributed by atoms with Gasteiger partial charge in [0.1, 0.15) is 6.10 Å². The predicted octanol–water partition coefficient (Wildman–Crippen LogP) is 3.40. The number of nitro benzene ring substituents is 1. The summed E-state index contributed by atoms with van der Waals surface area (Å²) in [6, 6.07) is 4.95. The van der Waals surface area contributed by atoms with Crippen LogP contribution in [0.5, 0.6) is 5.75 Å². The molecule has 1 aromatic rings. The topological polar surface area (TPSA) is 64.4 Å². The summed E-state index contributed by atoms with van der Waals surface area (Å²) in [6.07, 6.45) is 1.69. The minimum absolute atomic E-state index is 0.0399. The van der Waals surface area contributed by atoms with Crippen LogP contribution in [0.15, 0.2) is 18.2 Å². The SMILES string of the molecule is CCC1(C)C(NC)CC1Oc1c(Cl)cccc1[N+](=O)[O-]. The van der Waals surface area contributed by atoms with Gasteiger partial charge in [0.25, 0.3) is 0 Å². The molecule has 0 spiro atoms. The molecule has 0 saturated heterocycles. The lowest BCUT2D eigenvalue weighted by molar-refractivity contribution is -0.386. The van der Waals surface area contributed by atoms with Crippen molar-refractivity contribution in [1.29, 1.82) is 0 Å². The molecule has 0 aromatic heterocycles. The number of halogens is 1. The van der Waals surface area contributed by atoms with Gasteiger partial charge in [0.2, 0.25) is 5.75 Å². The Hall–Kier alpha value is -1.33. The second-order valence-electron chi connectivity index (χ2n) is 5.39. The Kier molecular flexibility index (Phi) is 4.20. The maximum absolute atomic E-state index is 11.1. The van der Waals surface area contributed by atoms with E-state index < -0.39 is 4.92 Å². The largest absolute Gasteiger partial charge is 0.482 e. The molecular formula is C14H19ClN2O3. The Bertz CT molecular complexity index is 523. The number of para-hydroxylation sites is 1. The fourth-order valence-corrected chi connectivity index (χ4v) is 3.04. The van der Waals surface area contributed by atoms with E-state index in [0.29, 0.717) is 6.04 Å². The summed E-state index contributed by atoms with van der Waals surface area (Å²) in [4.78, 5) is 10.6. The molecule has 1 saturated carbocycles. The van der Waals surface area contributed by atoms with Crippen LogP contribution in [0.3, 0.4) is 0 Å². The first-order valence-corrected chi connectivity index (χ1v) is 7.08. The number of ether oxygens (including phenoxy) is 1. The molecule has 20 heavy (non-hydrogen) atoms. The zero-order chi connectivity index (χ0) is 14.9. The highest BCUT2D eigenvalue weighted by molar-refractivity contribution is 6.32. The Morgan fingerprint density at radius 1 is 1.60 bits per heavy atom. The fraction of sp³-hybridized carbons (Fsp3) is 0.571. The zero-order valence-corrected chi connectivity index (χ0v) is 12.6. The summed E-state index contributed by atoms with van der Waals surface area (Å²) in [6.45, 7) is 4.23. The Balaban J connectivity index is 2.26. The summed E-state index contributed by atoms with van der Waals surface area (Å²) >= 11 is 6.06. The van der Waals surface area contributed by atoms with Gasteiger partial charge in [-0.05, 0) is 19.5 Å². The molecule has 3 unspecified atom stereocenters. The zero-order valence-electron chi connectivity index (χ0n) is 11.9. The highest BCUT2D eigenvalue weighted by atomic mass is 35.5. The van der Waals surface area contributed by atoms with Crippen molar-refractivity contribution in [1.82, 2.24) is 5.32 Å². The summed E-state index contributed by atoms with van der Waals surface area (Å²) < 4.78 is 5.90. The first-order chi connectivity index (χ1) is 9.43. The molecule has 0 radical (unpaired) electrons. The molecule has 1 aromatic carbocycles. The van der Waals surface area contributed by atoms with E-state index in [1.54, 1.807) is 12.1 Å². The highest BCUT2D eigenvalue weighted by Gasteiger charge is 2.52. The number of hydrogen-bond acceptors (Lipinski definition) is 4. The summed E-state index contributed by atoms with van der Waals surface area (Å²) in [5.74, 6) is 0.179. The third kappa shape index (κ3) is 2.36. The van der Waals surface area contributed by atoms with Gasteiger partial charge >= 0.3 is 5.69 Å². The standard InChI is InChI=1S/C14H19ClN2O3/c1-4-14(2)11(16-3)8-12(14)20-13-9(15)6-5-7-10(13)17(18)19/h5-7,11-12,16H,4,8H2,1-3H3. The van der Waals surface area contributed by atoms with Crippen LogP contribution >= 0.6 is 11.6 Å². The minimum atomic E-state index is -0.460. The van der Waals surface area contributed by atoms with Gasteiger partial charge in [-0.3, -0.25) is 10.1 Å². The van der Waals surface area contributed by atoms with Gasteiger partial charge < -0.3 is 10.1 Å². The number of hydrogen-bond donors (Lipinski definition) is 1. The Morgan fingerprint density at radius 3 is 2.85 bits per heavy atom. The molecule has 1 aliphatic rings. The normalized spacial score (nSPS) is 28.8. The van der Waals surface area contributed by atoms with E-state index in [-0.39, 0.29) is 28.0 Å². The van der Waals surface area contributed by atoms with E-state index in [9.17, 15) is 10.1 Å². The number of nitrogens with zero attached hydrogens (tertiary/aromatic N) is 1. The van der Waals surface area contributed by atoms with E-state index >= 15 is 0 Å². The van der Waals surface area contributed by atoms with Gasteiger partial charge in [-0.2, -0.15) is 0 Å². The number of benzene rings is 1. The summed E-state index contributed by atoms with van der Waals surface area (Å²) in [5, 5.41) is 14.6. The smallest absolute Gasteiger partial charge is 0.312 e. The lowest BCUT2D eigenvalue weighted by atomic mass is 9.61. The maximum atomic E-state index is 11.1. The van der Waals surface area contributed by atoms with Crippen molar-refractivity contribution in [3.63, 3.8) is 0 Å². The van der Waals surface area contributed by atoms with Gasteiger partial charge in [-0.15, -0.1) is 0 Å². The van der Waals surface area contributed by atoms with Gasteiger partial charge in [-0.1, -0.05) is 31.5 Å². The molecule has 0 heterocycles. The van der Waals surface area contributed by atoms with Crippen molar-refractivity contribution in [2.75, 3.05) is 7.05 Å². The van der Waals surface area contributed by atoms with Crippen molar-refractivity contribution < 1.29 is 9.66 Å². The van der Waals surface area contributed by atoms with Gasteiger partial charge in [0, 0.05) is 23.9 Å². The third-order valence-electron chi connectivity index (χ3n) is 4.49. The van der Waals surface area contributed by atoms with Crippen molar-refractivity contribution in [3.05, 3.63) is 33.3 Å². The molecule has 110 valence electrons. The molecule has 2 rings (SSSR count). The average molecular weight is 299 g/mol. The first kappa shape index (κ1) is 15.1. The Morgan fingerprint density at radius 2 is 2.30 bits per heavy atom. The second kappa shape index (κ2) is 5.58. The fourth-order valence-electron chi connectivity index (χ4n) is 2.82. The number of rotatable bonds is 5. The van der Waals surface area contributed by atoms with Crippen LogP contribution in [0.4, 0.5) is 5.69 Å². The van der Waals surface area contributed by atoms with Crippen LogP contribution in [0.2, 0.25) is 5.02 Å². The van der Waals surface area contributed by atoms with Crippen molar-refractivity contribution >= 4 is 17.3 Å². The van der Waals surface area contributed by atoms with Gasteiger partial charge in [-0.25, -0.2) is 0 Å². The minimum Gasteiger partial charge on any atom is -0.482 e. The van der Waals surface area contributed by atoms with Crippen LogP contribution in [0.25, 0.3) is 0 Å². The summed E-state index contributed by atoms with van der Waals surface area (Å²) in [5.41, 5.74) is -0.120. The van der Waals surface area contributed by atoms with Gasteiger partial charge in [0.15, 0.2) is 0 Å². The van der Waals surface area contributed by atoms with E-state index in [1.807, 2.05) is 7.05 Å². The number of nitrogens with one attached hydrogen (secondary N) is 1. The molecule has 0 bridgehead atoms. The molecule has 1 fully saturated rings. The van der Waals surface area contributed by atoms with Gasteiger partial charge in [0.05, 0.1) is 9.95 Å². The maximum Gasteiger partial charge on any atom is 0.312 e. The van der Waals surface area contributed by atoms with Crippen LogP contribution in [0.1, 0.15) is 26.7 Å². The monoisotopic (exact) mass is 298 g/mol. The van der Waals surface area contributed by atoms with Crippen LogP contribution in [0, 0.1) is 15.5 Å². The van der Waals surface area contributed by atoms with Crippen molar-refractivity contribution in [2.45, 2.75) is 38.8 Å². The van der Waals surface area contributed by atoms with Crippen LogP contribution < -0.4 is 10.1 Å². The van der Waals surface area contributed by atoms with Crippen molar-refractivity contribution in [3.8, 4) is 5.75 Å². The van der Waals surface area contributed by atoms with E-state index in [1.165, 1.54) is 6.07 Å². The van der Waals surface area contributed by atoms with E-state index in [2.05, 4.69) is 19.2 Å². The molecule has 5 nitrogen and oxygen atoms in total. The second-order valence-corrected chi connectivity index (χ2v) is 5.80. The Labute approximate surface area is 123 Å². The molecule has 0 aliphatic heterocycles. The quantitative estimate of drug-likeness (QED) is 0.668. The molecule has 6 heteroatoms. The molecule has 3 atom stereocenters. The predicted molar refractivity (Wildman–Crippen MR) is 78.4 cm³/mol. The molecule has 1 N–H and O–H groups in total. The molecule has 0 amide bonds. The van der Waals surface area contributed by atoms with E-state index in [0.717, 1.165) is 12.8 Å². The number of nitro groups is 1. The lowest BCUT2D eigenvalue weighted by Gasteiger charge is -2.53.